The van der Waals surface area contributed by atoms with Crippen LogP contribution < -0.4 is 14.8 Å². The van der Waals surface area contributed by atoms with Gasteiger partial charge in [0, 0.05) is 13.0 Å². The molecule has 1 atom stereocenters. The molecule has 0 aliphatic carbocycles. The van der Waals surface area contributed by atoms with Crippen molar-refractivity contribution in [3.05, 3.63) is 23.8 Å². The molecule has 0 radical (unpaired) electrons. The molecule has 108 valence electrons. The topological polar surface area (TPSA) is 84.9 Å². The van der Waals surface area contributed by atoms with Crippen LogP contribution in [0.2, 0.25) is 0 Å². The van der Waals surface area contributed by atoms with E-state index in [1.807, 2.05) is 6.07 Å². The number of fused-ring (bicyclic) bond motifs is 1. The number of aliphatic carboxylic acids is 1. The Bertz CT molecular complexity index is 514. The van der Waals surface area contributed by atoms with Crippen LogP contribution >= 0.6 is 0 Å². The molecule has 0 aromatic heterocycles. The number of carbonyl (C=O) groups excluding carboxylic acids is 1. The molecule has 1 aliphatic rings. The highest BCUT2D eigenvalue weighted by atomic mass is 16.7. The van der Waals surface area contributed by atoms with Gasteiger partial charge in [-0.1, -0.05) is 13.0 Å². The first-order chi connectivity index (χ1) is 9.54. The highest BCUT2D eigenvalue weighted by molar-refractivity contribution is 5.78. The SMILES string of the molecule is CC(CNC(=O)Cc1ccc2c(c1)OCO2)CC(=O)O. The number of benzene rings is 1. The third-order valence-corrected chi connectivity index (χ3v) is 2.97. The number of carboxylic acids is 1. The first-order valence-electron chi connectivity index (χ1n) is 6.41. The van der Waals surface area contributed by atoms with E-state index < -0.39 is 5.97 Å². The summed E-state index contributed by atoms with van der Waals surface area (Å²) in [5, 5.41) is 11.4. The summed E-state index contributed by atoms with van der Waals surface area (Å²) in [6, 6.07) is 5.37. The van der Waals surface area contributed by atoms with Gasteiger partial charge in [0.15, 0.2) is 11.5 Å². The van der Waals surface area contributed by atoms with Crippen molar-refractivity contribution in [2.45, 2.75) is 19.8 Å². The predicted octanol–water partition coefficient (Wildman–Crippen LogP) is 1.18. The second-order valence-electron chi connectivity index (χ2n) is 4.87. The largest absolute Gasteiger partial charge is 0.481 e. The van der Waals surface area contributed by atoms with Gasteiger partial charge in [0.2, 0.25) is 12.7 Å². The van der Waals surface area contributed by atoms with Gasteiger partial charge in [-0.15, -0.1) is 0 Å². The molecule has 0 saturated carbocycles. The van der Waals surface area contributed by atoms with E-state index in [0.717, 1.165) is 5.56 Å². The molecule has 0 bridgehead atoms. The molecule has 0 fully saturated rings. The molecule has 2 N–H and O–H groups in total. The molecule has 0 spiro atoms. The first kappa shape index (κ1) is 14.2. The van der Waals surface area contributed by atoms with E-state index in [1.165, 1.54) is 0 Å². The van der Waals surface area contributed by atoms with Crippen LogP contribution in [0.25, 0.3) is 0 Å². The summed E-state index contributed by atoms with van der Waals surface area (Å²) >= 11 is 0. The Morgan fingerprint density at radius 3 is 2.85 bits per heavy atom. The number of carbonyl (C=O) groups is 2. The fraction of sp³-hybridized carbons (Fsp3) is 0.429. The lowest BCUT2D eigenvalue weighted by Crippen LogP contribution is -2.30. The van der Waals surface area contributed by atoms with Crippen LogP contribution in [0.5, 0.6) is 11.5 Å². The van der Waals surface area contributed by atoms with E-state index in [1.54, 1.807) is 19.1 Å². The Balaban J connectivity index is 1.81. The number of ether oxygens (including phenoxy) is 2. The molecule has 1 heterocycles. The number of nitrogens with one attached hydrogen (secondary N) is 1. The standard InChI is InChI=1S/C14H17NO5/c1-9(4-14(17)18)7-15-13(16)6-10-2-3-11-12(5-10)20-8-19-11/h2-3,5,9H,4,6-8H2,1H3,(H,15,16)(H,17,18). The van der Waals surface area contributed by atoms with Crippen molar-refractivity contribution >= 4 is 11.9 Å². The highest BCUT2D eigenvalue weighted by Crippen LogP contribution is 2.32. The molecule has 1 aliphatic heterocycles. The van der Waals surface area contributed by atoms with Crippen LogP contribution in [0.15, 0.2) is 18.2 Å². The van der Waals surface area contributed by atoms with E-state index in [0.29, 0.717) is 18.0 Å². The summed E-state index contributed by atoms with van der Waals surface area (Å²) in [4.78, 5) is 22.3. The Hall–Kier alpha value is -2.24. The van der Waals surface area contributed by atoms with Crippen LogP contribution in [0.1, 0.15) is 18.9 Å². The smallest absolute Gasteiger partial charge is 0.303 e. The minimum Gasteiger partial charge on any atom is -0.481 e. The van der Waals surface area contributed by atoms with E-state index in [4.69, 9.17) is 14.6 Å². The van der Waals surface area contributed by atoms with Gasteiger partial charge in [-0.05, 0) is 23.6 Å². The van der Waals surface area contributed by atoms with Crippen molar-refractivity contribution in [3.63, 3.8) is 0 Å². The normalized spacial score (nSPS) is 13.8. The van der Waals surface area contributed by atoms with Crippen molar-refractivity contribution in [2.24, 2.45) is 5.92 Å². The number of carboxylic acid groups (broad SMARTS) is 1. The number of rotatable bonds is 6. The average molecular weight is 279 g/mol. The van der Waals surface area contributed by atoms with E-state index >= 15 is 0 Å². The summed E-state index contributed by atoms with van der Waals surface area (Å²) in [6.45, 7) is 2.35. The lowest BCUT2D eigenvalue weighted by molar-refractivity contribution is -0.138. The van der Waals surface area contributed by atoms with Gasteiger partial charge in [-0.25, -0.2) is 0 Å². The van der Waals surface area contributed by atoms with Crippen molar-refractivity contribution in [2.75, 3.05) is 13.3 Å². The Morgan fingerprint density at radius 1 is 1.35 bits per heavy atom. The van der Waals surface area contributed by atoms with Crippen LogP contribution in [-0.2, 0) is 16.0 Å². The maximum Gasteiger partial charge on any atom is 0.303 e. The first-order valence-corrected chi connectivity index (χ1v) is 6.41. The lowest BCUT2D eigenvalue weighted by atomic mass is 10.1. The predicted molar refractivity (Wildman–Crippen MR) is 70.7 cm³/mol. The van der Waals surface area contributed by atoms with Crippen molar-refractivity contribution in [1.29, 1.82) is 0 Å². The zero-order valence-electron chi connectivity index (χ0n) is 11.2. The molecule has 1 aromatic carbocycles. The Labute approximate surface area is 116 Å². The molecule has 0 saturated heterocycles. The van der Waals surface area contributed by atoms with Crippen molar-refractivity contribution < 1.29 is 24.2 Å². The van der Waals surface area contributed by atoms with Crippen molar-refractivity contribution in [3.8, 4) is 11.5 Å². The van der Waals surface area contributed by atoms with Gasteiger partial charge in [0.25, 0.3) is 0 Å². The Morgan fingerprint density at radius 2 is 2.10 bits per heavy atom. The fourth-order valence-electron chi connectivity index (χ4n) is 1.96. The molecular formula is C14H17NO5. The summed E-state index contributed by atoms with van der Waals surface area (Å²) in [5.74, 6) is 0.246. The summed E-state index contributed by atoms with van der Waals surface area (Å²) in [6.07, 6.45) is 0.279. The molecule has 1 unspecified atom stereocenters. The van der Waals surface area contributed by atoms with Gasteiger partial charge in [0.1, 0.15) is 0 Å². The third-order valence-electron chi connectivity index (χ3n) is 2.97. The molecular weight excluding hydrogens is 262 g/mol. The second kappa shape index (κ2) is 6.27. The molecule has 6 nitrogen and oxygen atoms in total. The average Bonchev–Trinajstić information content (AvgIpc) is 2.83. The van der Waals surface area contributed by atoms with Gasteiger partial charge >= 0.3 is 5.97 Å². The van der Waals surface area contributed by atoms with E-state index in [9.17, 15) is 9.59 Å². The maximum atomic E-state index is 11.8. The lowest BCUT2D eigenvalue weighted by Gasteiger charge is -2.10. The van der Waals surface area contributed by atoms with Crippen LogP contribution in [-0.4, -0.2) is 30.3 Å². The van der Waals surface area contributed by atoms with E-state index in [2.05, 4.69) is 5.32 Å². The molecule has 6 heteroatoms. The van der Waals surface area contributed by atoms with Gasteiger partial charge in [-0.2, -0.15) is 0 Å². The second-order valence-corrected chi connectivity index (χ2v) is 4.87. The Kier molecular flexibility index (Phi) is 4.45. The zero-order valence-corrected chi connectivity index (χ0v) is 11.2. The van der Waals surface area contributed by atoms with Crippen LogP contribution in [0.4, 0.5) is 0 Å². The molecule has 20 heavy (non-hydrogen) atoms. The van der Waals surface area contributed by atoms with Crippen LogP contribution in [0, 0.1) is 5.92 Å². The van der Waals surface area contributed by atoms with Gasteiger partial charge in [-0.3, -0.25) is 9.59 Å². The quantitative estimate of drug-likeness (QED) is 0.817. The molecule has 1 amide bonds. The number of hydrogen-bond acceptors (Lipinski definition) is 4. The minimum absolute atomic E-state index is 0.0459. The van der Waals surface area contributed by atoms with Crippen molar-refractivity contribution in [1.82, 2.24) is 5.32 Å². The summed E-state index contributed by atoms with van der Waals surface area (Å²) in [7, 11) is 0. The van der Waals surface area contributed by atoms with Crippen LogP contribution in [0.3, 0.4) is 0 Å². The molecule has 1 aromatic rings. The van der Waals surface area contributed by atoms with Gasteiger partial charge < -0.3 is 19.9 Å². The third kappa shape index (κ3) is 3.88. The molecule has 2 rings (SSSR count). The summed E-state index contributed by atoms with van der Waals surface area (Å²) < 4.78 is 10.4. The summed E-state index contributed by atoms with van der Waals surface area (Å²) in [5.41, 5.74) is 0.831. The monoisotopic (exact) mass is 279 g/mol. The van der Waals surface area contributed by atoms with E-state index in [-0.39, 0.29) is 31.5 Å². The number of hydrogen-bond donors (Lipinski definition) is 2. The maximum absolute atomic E-state index is 11.8. The number of amides is 1. The van der Waals surface area contributed by atoms with Gasteiger partial charge in [0.05, 0.1) is 6.42 Å². The highest BCUT2D eigenvalue weighted by Gasteiger charge is 2.15. The zero-order chi connectivity index (χ0) is 14.5. The fourth-order valence-corrected chi connectivity index (χ4v) is 1.96. The minimum atomic E-state index is -0.859.